The predicted molar refractivity (Wildman–Crippen MR) is 77.9 cm³/mol. The van der Waals surface area contributed by atoms with E-state index in [1.54, 1.807) is 6.07 Å². The Bertz CT molecular complexity index is 558. The van der Waals surface area contributed by atoms with Gasteiger partial charge in [0.1, 0.15) is 0 Å². The van der Waals surface area contributed by atoms with Crippen molar-refractivity contribution >= 4 is 11.6 Å². The van der Waals surface area contributed by atoms with E-state index in [-0.39, 0.29) is 11.9 Å². The number of amides is 1. The summed E-state index contributed by atoms with van der Waals surface area (Å²) in [4.78, 5) is 12.2. The molecule has 3 heteroatoms. The zero-order chi connectivity index (χ0) is 13.8. The maximum atomic E-state index is 12.2. The van der Waals surface area contributed by atoms with Gasteiger partial charge in [-0.25, -0.2) is 0 Å². The number of nitrogens with one attached hydrogen (secondary N) is 1. The van der Waals surface area contributed by atoms with Crippen LogP contribution in [0.25, 0.3) is 0 Å². The first kappa shape index (κ1) is 13.1. The van der Waals surface area contributed by atoms with E-state index in [0.29, 0.717) is 11.3 Å². The van der Waals surface area contributed by atoms with Gasteiger partial charge in [0, 0.05) is 11.3 Å². The van der Waals surface area contributed by atoms with Gasteiger partial charge in [-0.2, -0.15) is 0 Å². The molecule has 2 rings (SSSR count). The molecule has 0 spiro atoms. The van der Waals surface area contributed by atoms with E-state index in [1.807, 2.05) is 56.3 Å². The molecule has 3 N–H and O–H groups in total. The van der Waals surface area contributed by atoms with Crippen molar-refractivity contribution in [2.75, 3.05) is 5.73 Å². The lowest BCUT2D eigenvalue weighted by atomic mass is 10.1. The summed E-state index contributed by atoms with van der Waals surface area (Å²) in [5.41, 5.74) is 9.03. The maximum absolute atomic E-state index is 12.2. The van der Waals surface area contributed by atoms with Crippen LogP contribution in [0.5, 0.6) is 0 Å². The molecular weight excluding hydrogens is 236 g/mol. The van der Waals surface area contributed by atoms with Crippen LogP contribution >= 0.6 is 0 Å². The summed E-state index contributed by atoms with van der Waals surface area (Å²) in [6.07, 6.45) is 0. The first-order valence-corrected chi connectivity index (χ1v) is 6.29. The molecule has 0 aliphatic carbocycles. The molecule has 0 fully saturated rings. The number of rotatable bonds is 3. The van der Waals surface area contributed by atoms with Crippen molar-refractivity contribution < 1.29 is 4.79 Å². The fraction of sp³-hybridized carbons (Fsp3) is 0.188. The highest BCUT2D eigenvalue weighted by atomic mass is 16.1. The summed E-state index contributed by atoms with van der Waals surface area (Å²) in [6, 6.07) is 15.2. The standard InChI is InChI=1S/C16H18N2O/c1-11-8-14(10-15(17)9-11)16(19)18-12(2)13-6-4-3-5-7-13/h3-10,12H,17H2,1-2H3,(H,18,19). The molecule has 0 radical (unpaired) electrons. The smallest absolute Gasteiger partial charge is 0.251 e. The van der Waals surface area contributed by atoms with Crippen LogP contribution in [-0.4, -0.2) is 5.91 Å². The van der Waals surface area contributed by atoms with Gasteiger partial charge in [-0.15, -0.1) is 0 Å². The Hall–Kier alpha value is -2.29. The van der Waals surface area contributed by atoms with Gasteiger partial charge in [-0.3, -0.25) is 4.79 Å². The lowest BCUT2D eigenvalue weighted by Gasteiger charge is -2.14. The van der Waals surface area contributed by atoms with E-state index in [2.05, 4.69) is 5.32 Å². The highest BCUT2D eigenvalue weighted by Gasteiger charge is 2.11. The average molecular weight is 254 g/mol. The molecule has 0 saturated heterocycles. The topological polar surface area (TPSA) is 55.1 Å². The predicted octanol–water partition coefficient (Wildman–Crippen LogP) is 3.07. The molecule has 0 heterocycles. The third-order valence-corrected chi connectivity index (χ3v) is 3.01. The van der Waals surface area contributed by atoms with Gasteiger partial charge in [0.25, 0.3) is 5.91 Å². The third-order valence-electron chi connectivity index (χ3n) is 3.01. The first-order chi connectivity index (χ1) is 9.06. The summed E-state index contributed by atoms with van der Waals surface area (Å²) < 4.78 is 0. The second kappa shape index (κ2) is 5.57. The molecule has 0 aliphatic rings. The number of nitrogen functional groups attached to an aromatic ring is 1. The van der Waals surface area contributed by atoms with Gasteiger partial charge < -0.3 is 11.1 Å². The minimum Gasteiger partial charge on any atom is -0.399 e. The summed E-state index contributed by atoms with van der Waals surface area (Å²) in [7, 11) is 0. The van der Waals surface area contributed by atoms with Crippen LogP contribution < -0.4 is 11.1 Å². The van der Waals surface area contributed by atoms with Crippen LogP contribution in [0.2, 0.25) is 0 Å². The van der Waals surface area contributed by atoms with Crippen molar-refractivity contribution in [3.8, 4) is 0 Å². The highest BCUT2D eigenvalue weighted by Crippen LogP contribution is 2.15. The van der Waals surface area contributed by atoms with Crippen molar-refractivity contribution in [1.29, 1.82) is 0 Å². The third kappa shape index (κ3) is 3.35. The van der Waals surface area contributed by atoms with Gasteiger partial charge in [-0.05, 0) is 43.2 Å². The van der Waals surface area contributed by atoms with E-state index >= 15 is 0 Å². The van der Waals surface area contributed by atoms with Crippen molar-refractivity contribution in [3.05, 3.63) is 65.2 Å². The number of carbonyl (C=O) groups excluding carboxylic acids is 1. The Morgan fingerprint density at radius 3 is 2.47 bits per heavy atom. The summed E-state index contributed by atoms with van der Waals surface area (Å²) >= 11 is 0. The quantitative estimate of drug-likeness (QED) is 0.827. The number of hydrogen-bond donors (Lipinski definition) is 2. The molecule has 98 valence electrons. The van der Waals surface area contributed by atoms with Gasteiger partial charge in [0.15, 0.2) is 0 Å². The van der Waals surface area contributed by atoms with Gasteiger partial charge in [0.2, 0.25) is 0 Å². The summed E-state index contributed by atoms with van der Waals surface area (Å²) in [5, 5.41) is 2.97. The zero-order valence-electron chi connectivity index (χ0n) is 11.2. The number of nitrogens with two attached hydrogens (primary N) is 1. The summed E-state index contributed by atoms with van der Waals surface area (Å²) in [6.45, 7) is 3.89. The van der Waals surface area contributed by atoms with Gasteiger partial charge in [-0.1, -0.05) is 30.3 Å². The number of anilines is 1. The minimum absolute atomic E-state index is 0.0320. The number of benzene rings is 2. The SMILES string of the molecule is Cc1cc(N)cc(C(=O)NC(C)c2ccccc2)c1. The fourth-order valence-corrected chi connectivity index (χ4v) is 2.05. The van der Waals surface area contributed by atoms with Crippen molar-refractivity contribution in [2.24, 2.45) is 0 Å². The van der Waals surface area contributed by atoms with Crippen LogP contribution in [0, 0.1) is 6.92 Å². The lowest BCUT2D eigenvalue weighted by molar-refractivity contribution is 0.0940. The second-order valence-electron chi connectivity index (χ2n) is 4.74. The van der Waals surface area contributed by atoms with E-state index < -0.39 is 0 Å². The Kier molecular flexibility index (Phi) is 3.85. The molecule has 1 amide bonds. The van der Waals surface area contributed by atoms with Crippen molar-refractivity contribution in [2.45, 2.75) is 19.9 Å². The monoisotopic (exact) mass is 254 g/mol. The molecule has 2 aromatic rings. The number of hydrogen-bond acceptors (Lipinski definition) is 2. The molecule has 3 nitrogen and oxygen atoms in total. The summed E-state index contributed by atoms with van der Waals surface area (Å²) in [5.74, 6) is -0.105. The molecule has 2 aromatic carbocycles. The first-order valence-electron chi connectivity index (χ1n) is 6.29. The average Bonchev–Trinajstić information content (AvgIpc) is 2.38. The maximum Gasteiger partial charge on any atom is 0.251 e. The van der Waals surface area contributed by atoms with Crippen LogP contribution in [0.15, 0.2) is 48.5 Å². The molecule has 1 unspecified atom stereocenters. The molecule has 0 aliphatic heterocycles. The molecular formula is C16H18N2O. The largest absolute Gasteiger partial charge is 0.399 e. The second-order valence-corrected chi connectivity index (χ2v) is 4.74. The Balaban J connectivity index is 2.13. The Morgan fingerprint density at radius 2 is 1.84 bits per heavy atom. The normalized spacial score (nSPS) is 11.9. The lowest BCUT2D eigenvalue weighted by Crippen LogP contribution is -2.26. The number of aryl methyl sites for hydroxylation is 1. The van der Waals surface area contributed by atoms with E-state index in [4.69, 9.17) is 5.73 Å². The van der Waals surface area contributed by atoms with Crippen LogP contribution in [0.1, 0.15) is 34.5 Å². The molecule has 0 bridgehead atoms. The fourth-order valence-electron chi connectivity index (χ4n) is 2.05. The van der Waals surface area contributed by atoms with Gasteiger partial charge >= 0.3 is 0 Å². The van der Waals surface area contributed by atoms with Crippen LogP contribution in [0.3, 0.4) is 0 Å². The van der Waals surface area contributed by atoms with E-state index in [0.717, 1.165) is 11.1 Å². The molecule has 19 heavy (non-hydrogen) atoms. The van der Waals surface area contributed by atoms with Crippen LogP contribution in [-0.2, 0) is 0 Å². The molecule has 0 aromatic heterocycles. The minimum atomic E-state index is -0.105. The van der Waals surface area contributed by atoms with Crippen LogP contribution in [0.4, 0.5) is 5.69 Å². The zero-order valence-corrected chi connectivity index (χ0v) is 11.2. The molecule has 0 saturated carbocycles. The highest BCUT2D eigenvalue weighted by molar-refractivity contribution is 5.95. The van der Waals surface area contributed by atoms with Crippen molar-refractivity contribution in [1.82, 2.24) is 5.32 Å². The van der Waals surface area contributed by atoms with Gasteiger partial charge in [0.05, 0.1) is 6.04 Å². The van der Waals surface area contributed by atoms with Crippen molar-refractivity contribution in [3.63, 3.8) is 0 Å². The number of carbonyl (C=O) groups is 1. The van der Waals surface area contributed by atoms with E-state index in [9.17, 15) is 4.79 Å². The Morgan fingerprint density at radius 1 is 1.16 bits per heavy atom. The Labute approximate surface area is 113 Å². The van der Waals surface area contributed by atoms with E-state index in [1.165, 1.54) is 0 Å². The molecule has 1 atom stereocenters.